The van der Waals surface area contributed by atoms with Crippen molar-refractivity contribution in [1.29, 1.82) is 0 Å². The van der Waals surface area contributed by atoms with Crippen molar-refractivity contribution in [1.82, 2.24) is 10.9 Å². The Balaban J connectivity index is 1.48. The normalized spacial score (nSPS) is 18.8. The molecule has 0 aromatic carbocycles. The Morgan fingerprint density at radius 1 is 1.00 bits per heavy atom. The Kier molecular flexibility index (Phi) is 5.70. The molecule has 0 saturated heterocycles. The van der Waals surface area contributed by atoms with Gasteiger partial charge in [-0.1, -0.05) is 25.7 Å². The first-order chi connectivity index (χ1) is 11.2. The molecule has 2 aliphatic rings. The van der Waals surface area contributed by atoms with E-state index in [4.69, 9.17) is 0 Å². The minimum Gasteiger partial charge on any atom is -0.273 e. The number of hydrazine groups is 1. The van der Waals surface area contributed by atoms with Crippen LogP contribution in [-0.2, 0) is 17.6 Å². The summed E-state index contributed by atoms with van der Waals surface area (Å²) in [6.45, 7) is 0. The van der Waals surface area contributed by atoms with Crippen LogP contribution in [0.3, 0.4) is 0 Å². The highest BCUT2D eigenvalue weighted by Crippen LogP contribution is 2.29. The number of hydrogen-bond donors (Lipinski definition) is 2. The van der Waals surface area contributed by atoms with Crippen molar-refractivity contribution in [3.63, 3.8) is 0 Å². The molecule has 0 bridgehead atoms. The third-order valence-electron chi connectivity index (χ3n) is 4.98. The lowest BCUT2D eigenvalue weighted by molar-refractivity contribution is -0.123. The van der Waals surface area contributed by atoms with Crippen molar-refractivity contribution < 1.29 is 9.59 Å². The molecule has 4 nitrogen and oxygen atoms in total. The molecule has 2 N–H and O–H groups in total. The van der Waals surface area contributed by atoms with Crippen LogP contribution in [0.25, 0.3) is 0 Å². The lowest BCUT2D eigenvalue weighted by Gasteiger charge is -2.20. The van der Waals surface area contributed by atoms with Gasteiger partial charge in [-0.25, -0.2) is 0 Å². The summed E-state index contributed by atoms with van der Waals surface area (Å²) in [5.74, 6) is 0.238. The Morgan fingerprint density at radius 3 is 2.57 bits per heavy atom. The highest BCUT2D eigenvalue weighted by Gasteiger charge is 2.19. The van der Waals surface area contributed by atoms with E-state index >= 15 is 0 Å². The van der Waals surface area contributed by atoms with Crippen molar-refractivity contribution in [3.05, 3.63) is 21.4 Å². The molecule has 3 rings (SSSR count). The van der Waals surface area contributed by atoms with Gasteiger partial charge in [0, 0.05) is 11.3 Å². The van der Waals surface area contributed by atoms with E-state index in [1.807, 2.05) is 6.07 Å². The van der Waals surface area contributed by atoms with E-state index in [9.17, 15) is 9.59 Å². The zero-order valence-corrected chi connectivity index (χ0v) is 14.5. The second-order valence-corrected chi connectivity index (χ2v) is 7.97. The van der Waals surface area contributed by atoms with Gasteiger partial charge in [0.2, 0.25) is 5.91 Å². The molecule has 0 atom stereocenters. The minimum atomic E-state index is -0.180. The molecule has 1 aromatic rings. The van der Waals surface area contributed by atoms with Gasteiger partial charge < -0.3 is 0 Å². The van der Waals surface area contributed by atoms with Crippen LogP contribution in [0.5, 0.6) is 0 Å². The van der Waals surface area contributed by atoms with Crippen LogP contribution >= 0.6 is 11.3 Å². The summed E-state index contributed by atoms with van der Waals surface area (Å²) in [5, 5.41) is 0. The maximum absolute atomic E-state index is 12.2. The van der Waals surface area contributed by atoms with E-state index in [0.29, 0.717) is 12.3 Å². The number of rotatable bonds is 3. The van der Waals surface area contributed by atoms with Gasteiger partial charge in [-0.15, -0.1) is 11.3 Å². The predicted octanol–water partition coefficient (Wildman–Crippen LogP) is 3.75. The standard InChI is InChI=1S/C18H26N2O2S/c21-17(11-13-7-3-1-4-8-13)19-20-18(22)16-12-14-9-5-2-6-10-15(14)23-16/h12-13H,1-11H2,(H,19,21)(H,20,22). The topological polar surface area (TPSA) is 58.2 Å². The molecule has 1 aromatic heterocycles. The molecule has 0 unspecified atom stereocenters. The van der Waals surface area contributed by atoms with Crippen molar-refractivity contribution in [3.8, 4) is 0 Å². The fourth-order valence-corrected chi connectivity index (χ4v) is 4.82. The lowest BCUT2D eigenvalue weighted by Crippen LogP contribution is -2.42. The number of hydrogen-bond acceptors (Lipinski definition) is 3. The molecule has 1 heterocycles. The predicted molar refractivity (Wildman–Crippen MR) is 92.4 cm³/mol. The number of thiophene rings is 1. The number of nitrogens with one attached hydrogen (secondary N) is 2. The van der Waals surface area contributed by atoms with Crippen LogP contribution in [0.1, 0.15) is 77.9 Å². The first kappa shape index (κ1) is 16.5. The van der Waals surface area contributed by atoms with E-state index in [1.54, 1.807) is 11.3 Å². The molecular formula is C18H26N2O2S. The average Bonchev–Trinajstić information content (AvgIpc) is 2.84. The Morgan fingerprint density at radius 2 is 1.74 bits per heavy atom. The molecule has 126 valence electrons. The van der Waals surface area contributed by atoms with Crippen molar-refractivity contribution >= 4 is 23.2 Å². The quantitative estimate of drug-likeness (QED) is 0.653. The molecule has 0 aliphatic heterocycles. The molecule has 2 amide bonds. The molecule has 0 spiro atoms. The van der Waals surface area contributed by atoms with Gasteiger partial charge in [0.05, 0.1) is 4.88 Å². The van der Waals surface area contributed by atoms with E-state index in [0.717, 1.165) is 30.6 Å². The van der Waals surface area contributed by atoms with Gasteiger partial charge in [0.25, 0.3) is 5.91 Å². The molecule has 1 saturated carbocycles. The number of aryl methyl sites for hydroxylation is 2. The van der Waals surface area contributed by atoms with Crippen LogP contribution < -0.4 is 10.9 Å². The van der Waals surface area contributed by atoms with Crippen LogP contribution in [0, 0.1) is 5.92 Å². The van der Waals surface area contributed by atoms with E-state index < -0.39 is 0 Å². The van der Waals surface area contributed by atoms with Crippen LogP contribution in [0.15, 0.2) is 6.07 Å². The molecular weight excluding hydrogens is 308 g/mol. The summed E-state index contributed by atoms with van der Waals surface area (Å²) in [5.41, 5.74) is 6.50. The number of amides is 2. The molecule has 1 fully saturated rings. The summed E-state index contributed by atoms with van der Waals surface area (Å²) in [6, 6.07) is 2.01. The Hall–Kier alpha value is -1.36. The van der Waals surface area contributed by atoms with Crippen LogP contribution in [0.2, 0.25) is 0 Å². The van der Waals surface area contributed by atoms with Gasteiger partial charge in [-0.3, -0.25) is 20.4 Å². The Labute approximate surface area is 142 Å². The van der Waals surface area contributed by atoms with Crippen LogP contribution in [0.4, 0.5) is 0 Å². The first-order valence-electron chi connectivity index (χ1n) is 8.93. The van der Waals surface area contributed by atoms with Gasteiger partial charge in [-0.2, -0.15) is 0 Å². The zero-order valence-electron chi connectivity index (χ0n) is 13.7. The summed E-state index contributed by atoms with van der Waals surface area (Å²) >= 11 is 1.58. The summed E-state index contributed by atoms with van der Waals surface area (Å²) < 4.78 is 0. The summed E-state index contributed by atoms with van der Waals surface area (Å²) in [6.07, 6.45) is 12.4. The SMILES string of the molecule is O=C(CC1CCCCC1)NNC(=O)c1cc2c(s1)CCCCC2. The Bertz CT molecular complexity index is 538. The highest BCUT2D eigenvalue weighted by atomic mass is 32.1. The second kappa shape index (κ2) is 7.95. The molecule has 2 aliphatic carbocycles. The molecule has 0 radical (unpaired) electrons. The van der Waals surface area contributed by atoms with Crippen molar-refractivity contribution in [2.45, 2.75) is 70.6 Å². The van der Waals surface area contributed by atoms with Gasteiger partial charge >= 0.3 is 0 Å². The highest BCUT2D eigenvalue weighted by molar-refractivity contribution is 7.14. The monoisotopic (exact) mass is 334 g/mol. The van der Waals surface area contributed by atoms with E-state index in [1.165, 1.54) is 49.0 Å². The maximum atomic E-state index is 12.2. The molecule has 23 heavy (non-hydrogen) atoms. The third kappa shape index (κ3) is 4.56. The van der Waals surface area contributed by atoms with Gasteiger partial charge in [0.1, 0.15) is 0 Å². The fourth-order valence-electron chi connectivity index (χ4n) is 3.67. The van der Waals surface area contributed by atoms with Gasteiger partial charge in [-0.05, 0) is 56.1 Å². The van der Waals surface area contributed by atoms with Crippen molar-refractivity contribution in [2.24, 2.45) is 5.92 Å². The summed E-state index contributed by atoms with van der Waals surface area (Å²) in [4.78, 5) is 26.3. The minimum absolute atomic E-state index is 0.0663. The van der Waals surface area contributed by atoms with E-state index in [-0.39, 0.29) is 11.8 Å². The zero-order chi connectivity index (χ0) is 16.1. The number of fused-ring (bicyclic) bond motifs is 1. The molecule has 5 heteroatoms. The smallest absolute Gasteiger partial charge is 0.273 e. The van der Waals surface area contributed by atoms with E-state index in [2.05, 4.69) is 10.9 Å². The number of carbonyl (C=O) groups excluding carboxylic acids is 2. The average molecular weight is 334 g/mol. The summed E-state index contributed by atoms with van der Waals surface area (Å²) in [7, 11) is 0. The lowest BCUT2D eigenvalue weighted by atomic mass is 9.87. The van der Waals surface area contributed by atoms with Crippen molar-refractivity contribution in [2.75, 3.05) is 0 Å². The van der Waals surface area contributed by atoms with Crippen LogP contribution in [-0.4, -0.2) is 11.8 Å². The first-order valence-corrected chi connectivity index (χ1v) is 9.75. The largest absolute Gasteiger partial charge is 0.279 e. The maximum Gasteiger partial charge on any atom is 0.279 e. The third-order valence-corrected chi connectivity index (χ3v) is 6.22. The second-order valence-electron chi connectivity index (χ2n) is 6.83. The fraction of sp³-hybridized carbons (Fsp3) is 0.667. The van der Waals surface area contributed by atoms with Gasteiger partial charge in [0.15, 0.2) is 0 Å². The number of carbonyl (C=O) groups is 2.